The van der Waals surface area contributed by atoms with Crippen molar-refractivity contribution in [1.29, 1.82) is 0 Å². The lowest BCUT2D eigenvalue weighted by Gasteiger charge is -2.18. The van der Waals surface area contributed by atoms with Gasteiger partial charge >= 0.3 is 12.7 Å². The fourth-order valence-electron chi connectivity index (χ4n) is 1.57. The van der Waals surface area contributed by atoms with E-state index in [1.807, 2.05) is 0 Å². The largest absolute Gasteiger partial charge is 0.490 e. The van der Waals surface area contributed by atoms with Crippen molar-refractivity contribution in [3.63, 3.8) is 0 Å². The molecule has 1 amide bonds. The third-order valence-corrected chi connectivity index (χ3v) is 2.27. The van der Waals surface area contributed by atoms with Crippen LogP contribution in [-0.4, -0.2) is 31.1 Å². The molecule has 0 aliphatic carbocycles. The number of halogens is 2. The molecule has 6 nitrogen and oxygen atoms in total. The Morgan fingerprint density at radius 2 is 2.09 bits per heavy atom. The van der Waals surface area contributed by atoms with Crippen LogP contribution in [0.3, 0.4) is 0 Å². The number of benzene rings is 1. The number of carbonyl (C=O) groups is 1. The second-order valence-electron chi connectivity index (χ2n) is 5.36. The number of hydrazone groups is 1. The Morgan fingerprint density at radius 1 is 1.39 bits per heavy atom. The van der Waals surface area contributed by atoms with E-state index in [2.05, 4.69) is 15.3 Å². The van der Waals surface area contributed by atoms with E-state index in [4.69, 9.17) is 9.47 Å². The summed E-state index contributed by atoms with van der Waals surface area (Å²) < 4.78 is 39.8. The summed E-state index contributed by atoms with van der Waals surface area (Å²) in [5.41, 5.74) is 1.70. The molecule has 0 aromatic heterocycles. The van der Waals surface area contributed by atoms with E-state index in [1.165, 1.54) is 18.3 Å². The quantitative estimate of drug-likeness (QED) is 0.640. The Morgan fingerprint density at radius 3 is 2.65 bits per heavy atom. The van der Waals surface area contributed by atoms with Crippen molar-refractivity contribution in [3.05, 3.63) is 23.8 Å². The predicted molar refractivity (Wildman–Crippen MR) is 81.2 cm³/mol. The van der Waals surface area contributed by atoms with Gasteiger partial charge in [0.2, 0.25) is 0 Å². The summed E-state index contributed by atoms with van der Waals surface area (Å²) in [7, 11) is 0. The third kappa shape index (κ3) is 6.94. The highest BCUT2D eigenvalue weighted by Gasteiger charge is 2.16. The van der Waals surface area contributed by atoms with Crippen molar-refractivity contribution in [3.8, 4) is 11.5 Å². The minimum atomic E-state index is -3.01. The summed E-state index contributed by atoms with van der Waals surface area (Å²) >= 11 is 0. The number of ether oxygens (including phenoxy) is 3. The third-order valence-electron chi connectivity index (χ3n) is 2.27. The lowest BCUT2D eigenvalue weighted by atomic mass is 10.2. The Hall–Kier alpha value is -2.38. The van der Waals surface area contributed by atoms with E-state index in [9.17, 15) is 13.6 Å². The van der Waals surface area contributed by atoms with E-state index in [-0.39, 0.29) is 23.7 Å². The molecule has 0 saturated carbocycles. The maximum absolute atomic E-state index is 12.5. The zero-order chi connectivity index (χ0) is 17.5. The van der Waals surface area contributed by atoms with E-state index in [0.29, 0.717) is 0 Å². The Labute approximate surface area is 133 Å². The van der Waals surface area contributed by atoms with Crippen LogP contribution < -0.4 is 14.9 Å². The lowest BCUT2D eigenvalue weighted by molar-refractivity contribution is -0.0515. The summed E-state index contributed by atoms with van der Waals surface area (Å²) in [6, 6.07) is 4.60. The standard InChI is InChI=1S/C15H20F2N2O4/c1-5-21-11-8-6-7-10(12(11)22-13(16)17)9-18-19-14(20)23-15(2,3)4/h6-9,13H,5H2,1-4H3,(H,19,20)/b18-9-. The number of carbonyl (C=O) groups excluding carboxylic acids is 1. The average Bonchev–Trinajstić information content (AvgIpc) is 2.39. The van der Waals surface area contributed by atoms with Gasteiger partial charge in [-0.3, -0.25) is 0 Å². The van der Waals surface area contributed by atoms with Crippen LogP contribution in [0.4, 0.5) is 13.6 Å². The molecule has 0 saturated heterocycles. The SMILES string of the molecule is CCOc1cccc(/C=N\NC(=O)OC(C)(C)C)c1OC(F)F. The molecule has 1 rings (SSSR count). The summed E-state index contributed by atoms with van der Waals surface area (Å²) in [4.78, 5) is 11.5. The van der Waals surface area contributed by atoms with Crippen molar-refractivity contribution >= 4 is 12.3 Å². The molecule has 8 heteroatoms. The molecule has 0 unspecified atom stereocenters. The maximum Gasteiger partial charge on any atom is 0.428 e. The van der Waals surface area contributed by atoms with Crippen LogP contribution in [0, 0.1) is 0 Å². The van der Waals surface area contributed by atoms with Crippen LogP contribution in [0.25, 0.3) is 0 Å². The highest BCUT2D eigenvalue weighted by Crippen LogP contribution is 2.31. The van der Waals surface area contributed by atoms with E-state index >= 15 is 0 Å². The highest BCUT2D eigenvalue weighted by atomic mass is 19.3. The van der Waals surface area contributed by atoms with Gasteiger partial charge in [-0.1, -0.05) is 6.07 Å². The molecule has 0 bridgehead atoms. The van der Waals surface area contributed by atoms with Gasteiger partial charge in [0.1, 0.15) is 5.60 Å². The van der Waals surface area contributed by atoms with Crippen LogP contribution in [0.2, 0.25) is 0 Å². The van der Waals surface area contributed by atoms with Crippen molar-refractivity contribution in [2.45, 2.75) is 39.9 Å². The van der Waals surface area contributed by atoms with Crippen molar-refractivity contribution < 1.29 is 27.8 Å². The lowest BCUT2D eigenvalue weighted by Crippen LogP contribution is -2.29. The number of nitrogens with one attached hydrogen (secondary N) is 1. The molecule has 0 spiro atoms. The van der Waals surface area contributed by atoms with Crippen molar-refractivity contribution in [2.75, 3.05) is 6.61 Å². The normalized spacial score (nSPS) is 11.6. The number of para-hydroxylation sites is 1. The molecule has 128 valence electrons. The average molecular weight is 330 g/mol. The van der Waals surface area contributed by atoms with Gasteiger partial charge in [-0.25, -0.2) is 10.2 Å². The smallest absolute Gasteiger partial charge is 0.428 e. The van der Waals surface area contributed by atoms with E-state index < -0.39 is 18.3 Å². The van der Waals surface area contributed by atoms with E-state index in [1.54, 1.807) is 33.8 Å². The van der Waals surface area contributed by atoms with Crippen LogP contribution in [0.5, 0.6) is 11.5 Å². The summed E-state index contributed by atoms with van der Waals surface area (Å²) in [6.07, 6.45) is 0.412. The molecule has 1 aromatic rings. The Bertz CT molecular complexity index is 557. The van der Waals surface area contributed by atoms with Gasteiger partial charge < -0.3 is 14.2 Å². The molecule has 0 heterocycles. The molecule has 0 radical (unpaired) electrons. The molecule has 1 aromatic carbocycles. The molecule has 0 atom stereocenters. The molecule has 1 N–H and O–H groups in total. The number of hydrogen-bond acceptors (Lipinski definition) is 5. The predicted octanol–water partition coefficient (Wildman–Crippen LogP) is 3.55. The second kappa shape index (κ2) is 8.30. The maximum atomic E-state index is 12.5. The van der Waals surface area contributed by atoms with Gasteiger partial charge in [0.05, 0.1) is 12.8 Å². The minimum Gasteiger partial charge on any atom is -0.490 e. The van der Waals surface area contributed by atoms with E-state index in [0.717, 1.165) is 0 Å². The van der Waals surface area contributed by atoms with Crippen LogP contribution in [-0.2, 0) is 4.74 Å². The Kier molecular flexibility index (Phi) is 6.74. The van der Waals surface area contributed by atoms with Crippen LogP contribution in [0.1, 0.15) is 33.3 Å². The highest BCUT2D eigenvalue weighted by molar-refractivity contribution is 5.85. The van der Waals surface area contributed by atoms with Gasteiger partial charge in [0.25, 0.3) is 0 Å². The molecule has 0 fully saturated rings. The van der Waals surface area contributed by atoms with Crippen LogP contribution in [0.15, 0.2) is 23.3 Å². The molecule has 0 aliphatic heterocycles. The Balaban J connectivity index is 2.88. The van der Waals surface area contributed by atoms with Gasteiger partial charge in [0, 0.05) is 5.56 Å². The number of amides is 1. The summed E-state index contributed by atoms with van der Waals surface area (Å²) in [5, 5.41) is 3.66. The zero-order valence-electron chi connectivity index (χ0n) is 13.4. The van der Waals surface area contributed by atoms with Gasteiger partial charge in [-0.05, 0) is 39.8 Å². The van der Waals surface area contributed by atoms with Crippen molar-refractivity contribution in [2.24, 2.45) is 5.10 Å². The molecule has 23 heavy (non-hydrogen) atoms. The van der Waals surface area contributed by atoms with Gasteiger partial charge in [-0.15, -0.1) is 0 Å². The molecular weight excluding hydrogens is 310 g/mol. The zero-order valence-corrected chi connectivity index (χ0v) is 13.4. The first-order valence-corrected chi connectivity index (χ1v) is 6.95. The van der Waals surface area contributed by atoms with Crippen molar-refractivity contribution in [1.82, 2.24) is 5.43 Å². The first kappa shape index (κ1) is 18.7. The molecular formula is C15H20F2N2O4. The number of alkyl halides is 2. The monoisotopic (exact) mass is 330 g/mol. The van der Waals surface area contributed by atoms with Crippen LogP contribution >= 0.6 is 0 Å². The van der Waals surface area contributed by atoms with Gasteiger partial charge in [0.15, 0.2) is 11.5 Å². The first-order valence-electron chi connectivity index (χ1n) is 6.95. The topological polar surface area (TPSA) is 69.2 Å². The summed E-state index contributed by atoms with van der Waals surface area (Å²) in [5.74, 6) is 0.00751. The number of rotatable bonds is 6. The minimum absolute atomic E-state index is 0.154. The fourth-order valence-corrected chi connectivity index (χ4v) is 1.57. The van der Waals surface area contributed by atoms with Gasteiger partial charge in [-0.2, -0.15) is 13.9 Å². The molecule has 0 aliphatic rings. The fraction of sp³-hybridized carbons (Fsp3) is 0.467. The number of nitrogens with zero attached hydrogens (tertiary/aromatic N) is 1. The first-order chi connectivity index (χ1) is 10.7. The number of hydrogen-bond donors (Lipinski definition) is 1. The summed E-state index contributed by atoms with van der Waals surface area (Å²) in [6.45, 7) is 4.11. The second-order valence-corrected chi connectivity index (χ2v) is 5.36.